The Morgan fingerprint density at radius 3 is 2.28 bits per heavy atom. The molecule has 0 saturated carbocycles. The third kappa shape index (κ3) is 4.44. The number of likely N-dealkylation sites (N-methyl/N-ethyl adjacent to an activating group) is 1. The highest BCUT2D eigenvalue weighted by Crippen LogP contribution is 2.16. The highest BCUT2D eigenvalue weighted by atomic mass is 79.9. The van der Waals surface area contributed by atoms with Crippen molar-refractivity contribution in [2.24, 2.45) is 0 Å². The number of pyridine rings is 1. The van der Waals surface area contributed by atoms with Crippen LogP contribution < -0.4 is 16.5 Å². The van der Waals surface area contributed by atoms with Crippen LogP contribution in [0.2, 0.25) is 0 Å². The Kier molecular flexibility index (Phi) is 5.61. The molecule has 0 aliphatic heterocycles. The number of hydrogen-bond donors (Lipinski definition) is 4. The molecule has 1 aromatic carbocycles. The molecule has 0 saturated heterocycles. The van der Waals surface area contributed by atoms with Gasteiger partial charge in [0.2, 0.25) is 5.43 Å². The molecule has 2 heterocycles. The Labute approximate surface area is 150 Å². The zero-order valence-corrected chi connectivity index (χ0v) is 15.7. The summed E-state index contributed by atoms with van der Waals surface area (Å²) in [6.45, 7) is 1.11. The second-order valence-electron chi connectivity index (χ2n) is 6.54. The second-order valence-corrected chi connectivity index (χ2v) is 7.46. The Morgan fingerprint density at radius 1 is 1.08 bits per heavy atom. The lowest BCUT2D eigenvalue weighted by molar-refractivity contribution is -0.870. The number of H-pyrrole nitrogens is 3. The normalized spacial score (nSPS) is 11.4. The number of aliphatic hydroxyl groups is 1. The van der Waals surface area contributed by atoms with E-state index in [9.17, 15) is 14.4 Å². The van der Waals surface area contributed by atoms with Gasteiger partial charge < -0.3 is 14.6 Å². The van der Waals surface area contributed by atoms with Crippen molar-refractivity contribution < 1.29 is 9.59 Å². The molecule has 0 atom stereocenters. The number of aliphatic hydroxyl groups excluding tert-OH is 1. The lowest BCUT2D eigenvalue weighted by Crippen LogP contribution is -2.36. The largest absolute Gasteiger partial charge is 0.391 e. The minimum absolute atomic E-state index is 0.0191. The van der Waals surface area contributed by atoms with Crippen LogP contribution >= 0.6 is 15.9 Å². The van der Waals surface area contributed by atoms with E-state index in [0.717, 1.165) is 15.5 Å². The van der Waals surface area contributed by atoms with Gasteiger partial charge in [0.05, 0.1) is 33.3 Å². The lowest BCUT2D eigenvalue weighted by Gasteiger charge is -2.21. The van der Waals surface area contributed by atoms with Crippen LogP contribution in [0.1, 0.15) is 0 Å². The highest BCUT2D eigenvalue weighted by Gasteiger charge is 2.11. The van der Waals surface area contributed by atoms with Crippen molar-refractivity contribution in [3.8, 4) is 0 Å². The summed E-state index contributed by atoms with van der Waals surface area (Å²) in [6.07, 6.45) is 0. The fraction of sp³-hybridized carbons (Fsp3) is 0.312. The molecule has 0 aliphatic rings. The smallest absolute Gasteiger partial charge is 0.287 e. The number of halogens is 1. The first-order valence-corrected chi connectivity index (χ1v) is 8.31. The van der Waals surface area contributed by atoms with Gasteiger partial charge in [-0.25, -0.2) is 0 Å². The van der Waals surface area contributed by atoms with Gasteiger partial charge in [-0.05, 0) is 18.2 Å². The third-order valence-electron chi connectivity index (χ3n) is 3.48. The minimum atomic E-state index is -0.615. The van der Waals surface area contributed by atoms with E-state index in [4.69, 9.17) is 5.11 Å². The summed E-state index contributed by atoms with van der Waals surface area (Å²) in [5.41, 5.74) is -1.13. The molecule has 0 radical (unpaired) electrons. The summed E-state index contributed by atoms with van der Waals surface area (Å²) in [6, 6.07) is 4.97. The Balaban J connectivity index is 0.000000277. The second kappa shape index (κ2) is 7.34. The van der Waals surface area contributed by atoms with Gasteiger partial charge in [-0.15, -0.1) is 0 Å². The molecule has 9 heteroatoms. The number of nitrogens with zero attached hydrogens (tertiary/aromatic N) is 1. The Hall–Kier alpha value is -2.23. The zero-order chi connectivity index (χ0) is 18.8. The van der Waals surface area contributed by atoms with Crippen LogP contribution in [0.25, 0.3) is 21.8 Å². The standard InChI is InChI=1S/C11H6BrN3O3.C5H14NO/c12-4-1-2-5-6(3-4)13-8-7(9(5)16)10(17)14-15-11(8)18;1-6(2,3)4-5-7/h1-3H,(H,13,16)(H,14,17)(H,15,18);7H,4-5H2,1-3H3/q;+1. The van der Waals surface area contributed by atoms with E-state index in [1.165, 1.54) is 0 Å². The van der Waals surface area contributed by atoms with Crippen LogP contribution in [-0.2, 0) is 0 Å². The molecule has 0 bridgehead atoms. The van der Waals surface area contributed by atoms with E-state index in [0.29, 0.717) is 10.9 Å². The highest BCUT2D eigenvalue weighted by molar-refractivity contribution is 9.10. The average molecular weight is 412 g/mol. The number of aromatic nitrogens is 3. The van der Waals surface area contributed by atoms with E-state index < -0.39 is 16.5 Å². The predicted molar refractivity (Wildman–Crippen MR) is 101 cm³/mol. The zero-order valence-electron chi connectivity index (χ0n) is 14.1. The molecule has 3 aromatic rings. The summed E-state index contributed by atoms with van der Waals surface area (Å²) in [4.78, 5) is 38.2. The van der Waals surface area contributed by atoms with Crippen LogP contribution in [0.15, 0.2) is 37.1 Å². The Morgan fingerprint density at radius 2 is 1.72 bits per heavy atom. The molecule has 0 amide bonds. The molecule has 4 N–H and O–H groups in total. The Bertz CT molecular complexity index is 1080. The van der Waals surface area contributed by atoms with Crippen molar-refractivity contribution in [2.75, 3.05) is 34.3 Å². The molecule has 2 aromatic heterocycles. The van der Waals surface area contributed by atoms with Crippen LogP contribution in [0.3, 0.4) is 0 Å². The molecule has 0 unspecified atom stereocenters. The van der Waals surface area contributed by atoms with E-state index in [2.05, 4.69) is 52.3 Å². The molecular weight excluding hydrogens is 392 g/mol. The molecule has 0 fully saturated rings. The molecule has 3 rings (SSSR count). The van der Waals surface area contributed by atoms with Crippen molar-refractivity contribution in [3.05, 3.63) is 53.6 Å². The first kappa shape index (κ1) is 19.1. The van der Waals surface area contributed by atoms with Crippen LogP contribution in [0.5, 0.6) is 0 Å². The summed E-state index contributed by atoms with van der Waals surface area (Å²) in [5.74, 6) is 0. The third-order valence-corrected chi connectivity index (χ3v) is 3.97. The van der Waals surface area contributed by atoms with Crippen molar-refractivity contribution in [3.63, 3.8) is 0 Å². The first-order chi connectivity index (χ1) is 11.6. The number of rotatable bonds is 2. The van der Waals surface area contributed by atoms with Crippen molar-refractivity contribution >= 4 is 37.7 Å². The SMILES string of the molecule is C[N+](C)(C)CCO.O=c1[nH][nH]c(=O)c2c(=O)c3ccc(Br)cc3[nH]c12. The quantitative estimate of drug-likeness (QED) is 0.362. The molecule has 8 nitrogen and oxygen atoms in total. The summed E-state index contributed by atoms with van der Waals surface area (Å²) in [7, 11) is 6.16. The van der Waals surface area contributed by atoms with E-state index >= 15 is 0 Å². The summed E-state index contributed by atoms with van der Waals surface area (Å²) in [5, 5.41) is 12.9. The number of quaternary nitrogens is 1. The summed E-state index contributed by atoms with van der Waals surface area (Å²) < 4.78 is 1.61. The van der Waals surface area contributed by atoms with Gasteiger partial charge in [-0.3, -0.25) is 24.6 Å². The van der Waals surface area contributed by atoms with Crippen molar-refractivity contribution in [2.45, 2.75) is 0 Å². The van der Waals surface area contributed by atoms with Gasteiger partial charge in [0, 0.05) is 9.86 Å². The van der Waals surface area contributed by atoms with Crippen molar-refractivity contribution in [1.29, 1.82) is 0 Å². The predicted octanol–water partition coefficient (Wildman–Crippen LogP) is 0.505. The number of nitrogens with one attached hydrogen (secondary N) is 3. The molecular formula is C16H20BrN4O4+. The molecule has 134 valence electrons. The van der Waals surface area contributed by atoms with E-state index in [1.54, 1.807) is 18.2 Å². The number of fused-ring (bicyclic) bond motifs is 2. The fourth-order valence-corrected chi connectivity index (χ4v) is 2.55. The maximum Gasteiger partial charge on any atom is 0.287 e. The maximum absolute atomic E-state index is 12.2. The number of benzene rings is 1. The van der Waals surface area contributed by atoms with Crippen LogP contribution in [0, 0.1) is 0 Å². The van der Waals surface area contributed by atoms with E-state index in [1.807, 2.05) is 0 Å². The molecule has 0 aliphatic carbocycles. The van der Waals surface area contributed by atoms with Gasteiger partial charge in [0.25, 0.3) is 11.1 Å². The monoisotopic (exact) mass is 411 g/mol. The summed E-state index contributed by atoms with van der Waals surface area (Å²) >= 11 is 3.28. The fourth-order valence-electron chi connectivity index (χ4n) is 2.19. The number of aromatic amines is 3. The molecule has 0 spiro atoms. The first-order valence-electron chi connectivity index (χ1n) is 7.51. The van der Waals surface area contributed by atoms with Gasteiger partial charge in [-0.2, -0.15) is 0 Å². The van der Waals surface area contributed by atoms with Crippen molar-refractivity contribution in [1.82, 2.24) is 15.2 Å². The molecule has 25 heavy (non-hydrogen) atoms. The topological polar surface area (TPSA) is 119 Å². The van der Waals surface area contributed by atoms with Crippen LogP contribution in [0.4, 0.5) is 0 Å². The maximum atomic E-state index is 12.2. The van der Waals surface area contributed by atoms with Gasteiger partial charge in [0.1, 0.15) is 17.4 Å². The van der Waals surface area contributed by atoms with Gasteiger partial charge in [-0.1, -0.05) is 15.9 Å². The van der Waals surface area contributed by atoms with E-state index in [-0.39, 0.29) is 17.5 Å². The minimum Gasteiger partial charge on any atom is -0.391 e. The van der Waals surface area contributed by atoms with Gasteiger partial charge >= 0.3 is 0 Å². The average Bonchev–Trinajstić information content (AvgIpc) is 2.50. The van der Waals surface area contributed by atoms with Gasteiger partial charge in [0.15, 0.2) is 0 Å². The van der Waals surface area contributed by atoms with Crippen LogP contribution in [-0.4, -0.2) is 59.1 Å². The number of hydrogen-bond acceptors (Lipinski definition) is 4. The lowest BCUT2D eigenvalue weighted by atomic mass is 10.1.